The molecular formula is C46H40Cl2O2SiZr. The van der Waals surface area contributed by atoms with Gasteiger partial charge in [-0.25, -0.2) is 0 Å². The Balaban J connectivity index is 0.000000141. The van der Waals surface area contributed by atoms with Gasteiger partial charge in [0.2, 0.25) is 0 Å². The molecule has 0 amide bonds. The van der Waals surface area contributed by atoms with E-state index in [1.165, 1.54) is 105 Å². The largest absolute Gasteiger partial charge is 0.499 e. The van der Waals surface area contributed by atoms with Crippen LogP contribution in [0.1, 0.15) is 35.1 Å². The molecular weight excluding hydrogens is 775 g/mol. The summed E-state index contributed by atoms with van der Waals surface area (Å²) in [4.78, 5) is 0. The Morgan fingerprint density at radius 1 is 0.558 bits per heavy atom. The van der Waals surface area contributed by atoms with Crippen molar-refractivity contribution in [3.05, 3.63) is 156 Å². The van der Waals surface area contributed by atoms with Gasteiger partial charge in [0.25, 0.3) is 0 Å². The van der Waals surface area contributed by atoms with E-state index in [0.717, 1.165) is 21.0 Å². The number of rotatable bonds is 4. The van der Waals surface area contributed by atoms with Gasteiger partial charge in [0.05, 0.1) is 24.0 Å². The van der Waals surface area contributed by atoms with Crippen LogP contribution < -0.4 is 0 Å². The summed E-state index contributed by atoms with van der Waals surface area (Å²) in [7, 11) is 11.0. The van der Waals surface area contributed by atoms with Crippen LogP contribution in [0.4, 0.5) is 0 Å². The summed E-state index contributed by atoms with van der Waals surface area (Å²) in [6.07, 6.45) is 10.8. The average Bonchev–Trinajstić information content (AvgIpc) is 4.02. The summed E-state index contributed by atoms with van der Waals surface area (Å²) in [5, 5.41) is 5.36. The molecule has 2 heterocycles. The van der Waals surface area contributed by atoms with Crippen LogP contribution in [0.3, 0.4) is 0 Å². The fourth-order valence-electron chi connectivity index (χ4n) is 7.89. The SMILES string of the molecule is C[Si]C.[Cl][Zr+2][Cl].c1ccc(-c2c3c(cc4[cH-]c(-c5ccco5)cc24)CCC3)cc1.c1ccc(-c2c3c(cc4[cH-]c(-c5ccco5)cc24)CCC3)cc1. The second kappa shape index (κ2) is 17.4. The molecule has 2 nitrogen and oxygen atoms in total. The molecule has 0 N–H and O–H groups in total. The molecule has 0 bridgehead atoms. The van der Waals surface area contributed by atoms with Crippen molar-refractivity contribution in [1.29, 1.82) is 0 Å². The summed E-state index contributed by atoms with van der Waals surface area (Å²) in [5.74, 6) is 1.89. The van der Waals surface area contributed by atoms with Gasteiger partial charge in [-0.1, -0.05) is 119 Å². The Bertz CT molecular complexity index is 2170. The maximum Gasteiger partial charge on any atom is 0.0796 e. The molecule has 0 aliphatic heterocycles. The number of benzene rings is 4. The minimum Gasteiger partial charge on any atom is -0.499 e. The third-order valence-electron chi connectivity index (χ3n) is 9.90. The normalized spacial score (nSPS) is 12.5. The van der Waals surface area contributed by atoms with Crippen LogP contribution in [-0.2, 0) is 46.5 Å². The number of fused-ring (bicyclic) bond motifs is 4. The van der Waals surface area contributed by atoms with E-state index < -0.39 is 20.8 Å². The zero-order valence-electron chi connectivity index (χ0n) is 29.5. The maximum atomic E-state index is 5.60. The fourth-order valence-corrected chi connectivity index (χ4v) is 7.89. The molecule has 6 heteroatoms. The van der Waals surface area contributed by atoms with Gasteiger partial charge in [0.1, 0.15) is 0 Å². The Kier molecular flexibility index (Phi) is 12.3. The van der Waals surface area contributed by atoms with Crippen molar-refractivity contribution in [2.24, 2.45) is 0 Å². The molecule has 2 aliphatic carbocycles. The molecule has 0 spiro atoms. The molecule has 8 aromatic rings. The number of furan rings is 2. The van der Waals surface area contributed by atoms with E-state index in [1.807, 2.05) is 24.3 Å². The van der Waals surface area contributed by atoms with Gasteiger partial charge in [0, 0.05) is 9.52 Å². The summed E-state index contributed by atoms with van der Waals surface area (Å²) in [5.41, 5.74) is 14.0. The summed E-state index contributed by atoms with van der Waals surface area (Å²) >= 11 is -0.826. The predicted molar refractivity (Wildman–Crippen MR) is 219 cm³/mol. The van der Waals surface area contributed by atoms with E-state index in [1.54, 1.807) is 23.7 Å². The van der Waals surface area contributed by atoms with Gasteiger partial charge in [-0.05, 0) is 72.9 Å². The van der Waals surface area contributed by atoms with Gasteiger partial charge in [0.15, 0.2) is 0 Å². The van der Waals surface area contributed by atoms with Gasteiger partial charge < -0.3 is 8.83 Å². The standard InChI is InChI=1S/2C22H17O.C2H6Si.2ClH.Zr/c2*1-2-6-15(7-3-1)22-19-9-4-8-16(19)12-17-13-18(14-20(17)22)21-10-5-11-23-21;1-3-2;;;/h2*1-3,5-7,10-14H,4,8-9H2;1-2H3;2*1H;/q2*-1;;;;+4/p-2. The smallest absolute Gasteiger partial charge is 0.0796 e. The van der Waals surface area contributed by atoms with E-state index in [9.17, 15) is 0 Å². The summed E-state index contributed by atoms with van der Waals surface area (Å²) < 4.78 is 11.2. The van der Waals surface area contributed by atoms with Gasteiger partial charge in [-0.3, -0.25) is 0 Å². The van der Waals surface area contributed by atoms with E-state index in [0.29, 0.717) is 0 Å². The Hall–Kier alpha value is -3.66. The van der Waals surface area contributed by atoms with E-state index in [-0.39, 0.29) is 0 Å². The van der Waals surface area contributed by atoms with Gasteiger partial charge >= 0.3 is 37.9 Å². The van der Waals surface area contributed by atoms with Crippen molar-refractivity contribution in [3.63, 3.8) is 0 Å². The van der Waals surface area contributed by atoms with Gasteiger partial charge in [-0.15, -0.1) is 57.9 Å². The van der Waals surface area contributed by atoms with Crippen molar-refractivity contribution in [1.82, 2.24) is 0 Å². The van der Waals surface area contributed by atoms with Crippen LogP contribution in [0.25, 0.3) is 66.4 Å². The van der Waals surface area contributed by atoms with Crippen molar-refractivity contribution in [3.8, 4) is 44.9 Å². The first-order valence-corrected chi connectivity index (χ1v) is 26.2. The Morgan fingerprint density at radius 3 is 1.33 bits per heavy atom. The first-order valence-electron chi connectivity index (χ1n) is 17.9. The van der Waals surface area contributed by atoms with Crippen LogP contribution in [0, 0.1) is 0 Å². The molecule has 0 saturated heterocycles. The molecule has 2 aromatic heterocycles. The quantitative estimate of drug-likeness (QED) is 0.131. The number of halogens is 2. The molecule has 10 rings (SSSR count). The van der Waals surface area contributed by atoms with E-state index >= 15 is 0 Å². The predicted octanol–water partition coefficient (Wildman–Crippen LogP) is 14.1. The van der Waals surface area contributed by atoms with Crippen LogP contribution in [-0.4, -0.2) is 9.52 Å². The minimum absolute atomic E-state index is 0.826. The Labute approximate surface area is 328 Å². The number of hydrogen-bond acceptors (Lipinski definition) is 2. The van der Waals surface area contributed by atoms with Gasteiger partial charge in [-0.2, -0.15) is 0 Å². The van der Waals surface area contributed by atoms with Crippen molar-refractivity contribution in [2.75, 3.05) is 0 Å². The molecule has 2 radical (unpaired) electrons. The third kappa shape index (κ3) is 7.82. The maximum absolute atomic E-state index is 5.60. The summed E-state index contributed by atoms with van der Waals surface area (Å²) in [6.45, 7) is 4.31. The molecule has 6 aromatic carbocycles. The van der Waals surface area contributed by atoms with Crippen molar-refractivity contribution >= 4 is 48.1 Å². The van der Waals surface area contributed by atoms with Crippen LogP contribution in [0.5, 0.6) is 0 Å². The monoisotopic (exact) mass is 812 g/mol. The third-order valence-corrected chi connectivity index (χ3v) is 9.90. The number of hydrogen-bond donors (Lipinski definition) is 0. The minimum atomic E-state index is -0.826. The van der Waals surface area contributed by atoms with Crippen LogP contribution in [0.2, 0.25) is 13.1 Å². The summed E-state index contributed by atoms with van der Waals surface area (Å²) in [6, 6.07) is 43.4. The van der Waals surface area contributed by atoms with Crippen molar-refractivity contribution < 1.29 is 29.7 Å². The molecule has 0 fully saturated rings. The number of aryl methyl sites for hydroxylation is 2. The Morgan fingerprint density at radius 2 is 0.962 bits per heavy atom. The fraction of sp³-hybridized carbons (Fsp3) is 0.174. The molecule has 2 aliphatic rings. The zero-order valence-corrected chi connectivity index (χ0v) is 34.5. The first kappa shape index (κ1) is 36.7. The molecule has 258 valence electrons. The van der Waals surface area contributed by atoms with Crippen LogP contribution >= 0.6 is 17.0 Å². The first-order chi connectivity index (χ1) is 25.6. The second-order valence-electron chi connectivity index (χ2n) is 13.2. The molecule has 52 heavy (non-hydrogen) atoms. The molecule has 0 atom stereocenters. The van der Waals surface area contributed by atoms with E-state index in [4.69, 9.17) is 25.9 Å². The van der Waals surface area contributed by atoms with E-state index in [2.05, 4.69) is 110 Å². The van der Waals surface area contributed by atoms with Crippen molar-refractivity contribution in [2.45, 2.75) is 51.6 Å². The average molecular weight is 815 g/mol. The topological polar surface area (TPSA) is 26.3 Å². The zero-order chi connectivity index (χ0) is 35.9. The molecule has 0 unspecified atom stereocenters. The van der Waals surface area contributed by atoms with Crippen LogP contribution in [0.15, 0.2) is 143 Å². The second-order valence-corrected chi connectivity index (χ2v) is 18.0. The molecule has 0 saturated carbocycles.